The highest BCUT2D eigenvalue weighted by Gasteiger charge is 2.05. The lowest BCUT2D eigenvalue weighted by molar-refractivity contribution is 0.315. The zero-order valence-corrected chi connectivity index (χ0v) is 11.0. The van der Waals surface area contributed by atoms with Crippen molar-refractivity contribution in [1.29, 1.82) is 0 Å². The van der Waals surface area contributed by atoms with Crippen LogP contribution in [-0.2, 0) is 0 Å². The van der Waals surface area contributed by atoms with Crippen LogP contribution in [0.15, 0.2) is 28.9 Å². The molecule has 1 aromatic carbocycles. The number of hydrogen-bond acceptors (Lipinski definition) is 2. The molecule has 0 fully saturated rings. The number of rotatable bonds is 3. The predicted octanol–water partition coefficient (Wildman–Crippen LogP) is 4.09. The molecule has 0 amide bonds. The smallest absolute Gasteiger partial charge is 0.141 e. The Morgan fingerprint density at radius 3 is 2.94 bits per heavy atom. The van der Waals surface area contributed by atoms with Crippen LogP contribution in [0.25, 0.3) is 10.9 Å². The van der Waals surface area contributed by atoms with Crippen LogP contribution in [0.2, 0.25) is 0 Å². The molecule has 2 nitrogen and oxygen atoms in total. The molecule has 0 N–H and O–H groups in total. The average Bonchev–Trinajstić information content (AvgIpc) is 2.29. The van der Waals surface area contributed by atoms with Crippen LogP contribution in [0.1, 0.15) is 18.9 Å². The van der Waals surface area contributed by atoms with Crippen molar-refractivity contribution in [1.82, 2.24) is 4.98 Å². The van der Waals surface area contributed by atoms with Gasteiger partial charge in [0.1, 0.15) is 5.75 Å². The molecule has 0 aliphatic heterocycles. The summed E-state index contributed by atoms with van der Waals surface area (Å²) in [6.07, 6.45) is 2.82. The minimum Gasteiger partial charge on any atom is -0.492 e. The first-order valence-electron chi connectivity index (χ1n) is 5.40. The Labute approximate surface area is 104 Å². The highest BCUT2D eigenvalue weighted by atomic mass is 79.9. The normalized spacial score (nSPS) is 10.7. The van der Waals surface area contributed by atoms with E-state index >= 15 is 0 Å². The second-order valence-corrected chi connectivity index (χ2v) is 4.67. The number of ether oxygens (including phenoxy) is 1. The average molecular weight is 280 g/mol. The summed E-state index contributed by atoms with van der Waals surface area (Å²) in [5.74, 6) is 0.882. The molecule has 0 bridgehead atoms. The van der Waals surface area contributed by atoms with Gasteiger partial charge in [-0.3, -0.25) is 4.98 Å². The van der Waals surface area contributed by atoms with Gasteiger partial charge in [0.25, 0.3) is 0 Å². The van der Waals surface area contributed by atoms with Gasteiger partial charge < -0.3 is 4.74 Å². The van der Waals surface area contributed by atoms with E-state index in [4.69, 9.17) is 4.74 Å². The summed E-state index contributed by atoms with van der Waals surface area (Å²) < 4.78 is 6.72. The lowest BCUT2D eigenvalue weighted by atomic mass is 10.1. The fourth-order valence-corrected chi connectivity index (χ4v) is 2.00. The van der Waals surface area contributed by atoms with Crippen LogP contribution in [0.4, 0.5) is 0 Å². The third kappa shape index (κ3) is 2.19. The summed E-state index contributed by atoms with van der Waals surface area (Å²) in [7, 11) is 0. The van der Waals surface area contributed by atoms with Crippen molar-refractivity contribution in [2.75, 3.05) is 6.61 Å². The van der Waals surface area contributed by atoms with Gasteiger partial charge in [0.15, 0.2) is 0 Å². The van der Waals surface area contributed by atoms with Gasteiger partial charge in [-0.1, -0.05) is 22.9 Å². The zero-order chi connectivity index (χ0) is 11.5. The summed E-state index contributed by atoms with van der Waals surface area (Å²) in [6.45, 7) is 4.91. The van der Waals surface area contributed by atoms with Crippen LogP contribution in [0.5, 0.6) is 5.75 Å². The van der Waals surface area contributed by atoms with Gasteiger partial charge in [-0.2, -0.15) is 0 Å². The maximum Gasteiger partial charge on any atom is 0.141 e. The van der Waals surface area contributed by atoms with Gasteiger partial charge in [-0.15, -0.1) is 0 Å². The van der Waals surface area contributed by atoms with Crippen molar-refractivity contribution >= 4 is 26.8 Å². The summed E-state index contributed by atoms with van der Waals surface area (Å²) in [4.78, 5) is 4.39. The molecule has 0 saturated carbocycles. The number of benzene rings is 1. The number of aromatic nitrogens is 1. The van der Waals surface area contributed by atoms with Gasteiger partial charge in [0.05, 0.1) is 18.3 Å². The number of pyridine rings is 1. The van der Waals surface area contributed by atoms with Crippen LogP contribution >= 0.6 is 15.9 Å². The number of hydrogen-bond donors (Lipinski definition) is 0. The Morgan fingerprint density at radius 1 is 1.38 bits per heavy atom. The van der Waals surface area contributed by atoms with E-state index in [0.717, 1.165) is 39.7 Å². The van der Waals surface area contributed by atoms with E-state index in [1.807, 2.05) is 12.1 Å². The highest BCUT2D eigenvalue weighted by Crippen LogP contribution is 2.27. The van der Waals surface area contributed by atoms with Crippen molar-refractivity contribution in [2.45, 2.75) is 20.3 Å². The Bertz CT molecular complexity index is 511. The maximum atomic E-state index is 5.66. The molecule has 84 valence electrons. The second-order valence-electron chi connectivity index (χ2n) is 3.76. The SMILES string of the molecule is CCCOc1cnc2ccc(Br)cc2c1C. The van der Waals surface area contributed by atoms with E-state index in [1.165, 1.54) is 0 Å². The molecule has 1 heterocycles. The molecule has 0 spiro atoms. The molecular weight excluding hydrogens is 266 g/mol. The summed E-state index contributed by atoms with van der Waals surface area (Å²) >= 11 is 3.48. The van der Waals surface area contributed by atoms with E-state index in [-0.39, 0.29) is 0 Å². The Hall–Kier alpha value is -1.09. The van der Waals surface area contributed by atoms with Crippen LogP contribution in [0.3, 0.4) is 0 Å². The monoisotopic (exact) mass is 279 g/mol. The topological polar surface area (TPSA) is 22.1 Å². The lowest BCUT2D eigenvalue weighted by Gasteiger charge is -2.10. The first-order valence-corrected chi connectivity index (χ1v) is 6.19. The molecule has 0 radical (unpaired) electrons. The summed E-state index contributed by atoms with van der Waals surface area (Å²) in [5, 5.41) is 1.14. The molecular formula is C13H14BrNO. The van der Waals surface area contributed by atoms with Crippen molar-refractivity contribution in [3.8, 4) is 5.75 Å². The number of aryl methyl sites for hydroxylation is 1. The van der Waals surface area contributed by atoms with Crippen LogP contribution in [-0.4, -0.2) is 11.6 Å². The lowest BCUT2D eigenvalue weighted by Crippen LogP contribution is -1.98. The first-order chi connectivity index (χ1) is 7.72. The van der Waals surface area contributed by atoms with Crippen LogP contribution < -0.4 is 4.74 Å². The summed E-state index contributed by atoms with van der Waals surface area (Å²) in [5.41, 5.74) is 2.16. The predicted molar refractivity (Wildman–Crippen MR) is 70.0 cm³/mol. The molecule has 0 saturated heterocycles. The van der Waals surface area contributed by atoms with E-state index in [9.17, 15) is 0 Å². The van der Waals surface area contributed by atoms with Gasteiger partial charge in [0, 0.05) is 15.4 Å². The number of fused-ring (bicyclic) bond motifs is 1. The first kappa shape index (κ1) is 11.4. The van der Waals surface area contributed by atoms with E-state index < -0.39 is 0 Å². The quantitative estimate of drug-likeness (QED) is 0.844. The molecule has 0 aliphatic rings. The van der Waals surface area contributed by atoms with Crippen molar-refractivity contribution in [3.63, 3.8) is 0 Å². The largest absolute Gasteiger partial charge is 0.492 e. The van der Waals surface area contributed by atoms with Crippen molar-refractivity contribution in [2.24, 2.45) is 0 Å². The van der Waals surface area contributed by atoms with E-state index in [0.29, 0.717) is 0 Å². The second kappa shape index (κ2) is 4.83. The third-order valence-corrected chi connectivity index (χ3v) is 3.01. The molecule has 1 aromatic heterocycles. The molecule has 0 aliphatic carbocycles. The standard InChI is InChI=1S/C13H14BrNO/c1-3-6-16-13-8-15-12-5-4-10(14)7-11(12)9(13)2/h4-5,7-8H,3,6H2,1-2H3. The summed E-state index contributed by atoms with van der Waals surface area (Å²) in [6, 6.07) is 6.09. The zero-order valence-electron chi connectivity index (χ0n) is 9.46. The molecule has 2 aromatic rings. The molecule has 0 unspecified atom stereocenters. The Balaban J connectivity index is 2.50. The Kier molecular flexibility index (Phi) is 3.44. The molecule has 16 heavy (non-hydrogen) atoms. The van der Waals surface area contributed by atoms with Gasteiger partial charge >= 0.3 is 0 Å². The fraction of sp³-hybridized carbons (Fsp3) is 0.308. The van der Waals surface area contributed by atoms with Crippen molar-refractivity contribution < 1.29 is 4.74 Å². The maximum absolute atomic E-state index is 5.66. The van der Waals surface area contributed by atoms with Crippen molar-refractivity contribution in [3.05, 3.63) is 34.4 Å². The number of nitrogens with zero attached hydrogens (tertiary/aromatic N) is 1. The minimum absolute atomic E-state index is 0.738. The number of halogens is 1. The minimum atomic E-state index is 0.738. The third-order valence-electron chi connectivity index (χ3n) is 2.51. The molecule has 2 rings (SSSR count). The molecule has 0 atom stereocenters. The Morgan fingerprint density at radius 2 is 2.19 bits per heavy atom. The molecule has 3 heteroatoms. The van der Waals surface area contributed by atoms with Crippen LogP contribution in [0, 0.1) is 6.92 Å². The fourth-order valence-electron chi connectivity index (χ4n) is 1.64. The highest BCUT2D eigenvalue weighted by molar-refractivity contribution is 9.10. The van der Waals surface area contributed by atoms with Gasteiger partial charge in [0.2, 0.25) is 0 Å². The van der Waals surface area contributed by atoms with E-state index in [2.05, 4.69) is 40.8 Å². The van der Waals surface area contributed by atoms with Gasteiger partial charge in [-0.25, -0.2) is 0 Å². The van der Waals surface area contributed by atoms with Gasteiger partial charge in [-0.05, 0) is 31.5 Å². The van der Waals surface area contributed by atoms with E-state index in [1.54, 1.807) is 6.20 Å².